The largest absolute Gasteiger partial charge is 0.320 e. The van der Waals surface area contributed by atoms with Crippen molar-refractivity contribution in [1.29, 1.82) is 0 Å². The van der Waals surface area contributed by atoms with Gasteiger partial charge in [-0.05, 0) is 49.6 Å². The summed E-state index contributed by atoms with van der Waals surface area (Å²) in [6, 6.07) is 4.99. The second kappa shape index (κ2) is 6.70. The van der Waals surface area contributed by atoms with Crippen LogP contribution in [0.1, 0.15) is 30.4 Å². The van der Waals surface area contributed by atoms with E-state index < -0.39 is 0 Å². The van der Waals surface area contributed by atoms with Gasteiger partial charge in [0.1, 0.15) is 5.82 Å². The number of benzene rings is 1. The molecule has 0 bridgehead atoms. The van der Waals surface area contributed by atoms with E-state index in [2.05, 4.69) is 23.8 Å². The molecule has 1 aliphatic carbocycles. The van der Waals surface area contributed by atoms with Crippen molar-refractivity contribution >= 4 is 0 Å². The molecule has 0 spiro atoms. The molecule has 102 valence electrons. The third kappa shape index (κ3) is 4.34. The highest BCUT2D eigenvalue weighted by Gasteiger charge is 2.19. The summed E-state index contributed by atoms with van der Waals surface area (Å²) in [5.41, 5.74) is 7.02. The lowest BCUT2D eigenvalue weighted by Gasteiger charge is -2.30. The minimum Gasteiger partial charge on any atom is -0.320 e. The number of nitrogens with two attached hydrogens (primary N) is 1. The van der Waals surface area contributed by atoms with Crippen LogP contribution in [0.2, 0.25) is 0 Å². The zero-order valence-electron chi connectivity index (χ0n) is 11.5. The summed E-state index contributed by atoms with van der Waals surface area (Å²) < 4.78 is 13.5. The number of rotatable bonds is 4. The third-order valence-electron chi connectivity index (χ3n) is 3.54. The molecule has 1 fully saturated rings. The van der Waals surface area contributed by atoms with Gasteiger partial charge in [-0.15, -0.1) is 0 Å². The Balaban J connectivity index is 2.00. The Morgan fingerprint density at radius 3 is 2.79 bits per heavy atom. The number of hydrogen-bond acceptors (Lipinski definition) is 2. The van der Waals surface area contributed by atoms with Crippen molar-refractivity contribution in [3.63, 3.8) is 0 Å². The third-order valence-corrected chi connectivity index (χ3v) is 3.54. The molecule has 0 saturated heterocycles. The summed E-state index contributed by atoms with van der Waals surface area (Å²) >= 11 is 0. The molecular formula is C16H21FN2. The molecule has 0 unspecified atom stereocenters. The van der Waals surface area contributed by atoms with E-state index in [1.165, 1.54) is 25.3 Å². The van der Waals surface area contributed by atoms with Gasteiger partial charge in [0.25, 0.3) is 0 Å². The van der Waals surface area contributed by atoms with Gasteiger partial charge in [-0.3, -0.25) is 0 Å². The molecule has 0 heterocycles. The van der Waals surface area contributed by atoms with Crippen LogP contribution in [0.15, 0.2) is 18.2 Å². The molecule has 2 nitrogen and oxygen atoms in total. The maximum Gasteiger partial charge on any atom is 0.124 e. The Bertz CT molecular complexity index is 483. The van der Waals surface area contributed by atoms with Crippen molar-refractivity contribution in [1.82, 2.24) is 4.90 Å². The van der Waals surface area contributed by atoms with Gasteiger partial charge >= 0.3 is 0 Å². The fourth-order valence-electron chi connectivity index (χ4n) is 2.46. The summed E-state index contributed by atoms with van der Waals surface area (Å²) in [4.78, 5) is 2.26. The van der Waals surface area contributed by atoms with Gasteiger partial charge in [-0.25, -0.2) is 4.39 Å². The summed E-state index contributed by atoms with van der Waals surface area (Å²) in [5, 5.41) is 0. The number of hydrogen-bond donors (Lipinski definition) is 1. The predicted molar refractivity (Wildman–Crippen MR) is 76.0 cm³/mol. The van der Waals surface area contributed by atoms with E-state index in [1.807, 2.05) is 6.07 Å². The maximum absolute atomic E-state index is 13.5. The average molecular weight is 260 g/mol. The van der Waals surface area contributed by atoms with E-state index in [1.54, 1.807) is 6.07 Å². The fourth-order valence-corrected chi connectivity index (χ4v) is 2.46. The molecule has 19 heavy (non-hydrogen) atoms. The van der Waals surface area contributed by atoms with Crippen LogP contribution in [0.5, 0.6) is 0 Å². The first-order chi connectivity index (χ1) is 9.17. The smallest absolute Gasteiger partial charge is 0.124 e. The van der Waals surface area contributed by atoms with Gasteiger partial charge < -0.3 is 10.6 Å². The molecule has 1 aromatic carbocycles. The first kappa shape index (κ1) is 14.0. The first-order valence-corrected chi connectivity index (χ1v) is 6.84. The average Bonchev–Trinajstić information content (AvgIpc) is 2.30. The lowest BCUT2D eigenvalue weighted by Crippen LogP contribution is -2.29. The van der Waals surface area contributed by atoms with Crippen LogP contribution in [0, 0.1) is 23.6 Å². The van der Waals surface area contributed by atoms with E-state index in [0.29, 0.717) is 12.1 Å². The normalized spacial score (nSPS) is 14.9. The van der Waals surface area contributed by atoms with Crippen molar-refractivity contribution < 1.29 is 4.39 Å². The van der Waals surface area contributed by atoms with Gasteiger partial charge in [0.05, 0.1) is 6.54 Å². The second-order valence-electron chi connectivity index (χ2n) is 5.35. The lowest BCUT2D eigenvalue weighted by atomic mass is 9.85. The molecule has 1 aromatic rings. The summed E-state index contributed by atoms with van der Waals surface area (Å²) in [5.74, 6) is 6.25. The summed E-state index contributed by atoms with van der Waals surface area (Å²) in [6.45, 7) is 2.17. The van der Waals surface area contributed by atoms with Gasteiger partial charge in [0.2, 0.25) is 0 Å². The Morgan fingerprint density at radius 2 is 2.16 bits per heavy atom. The van der Waals surface area contributed by atoms with Crippen molar-refractivity contribution in [2.24, 2.45) is 11.7 Å². The molecule has 1 aliphatic rings. The maximum atomic E-state index is 13.5. The molecule has 2 rings (SSSR count). The van der Waals surface area contributed by atoms with Gasteiger partial charge in [-0.1, -0.05) is 18.3 Å². The van der Waals surface area contributed by atoms with Crippen LogP contribution < -0.4 is 5.73 Å². The number of nitrogens with zero attached hydrogens (tertiary/aromatic N) is 1. The molecule has 0 aromatic heterocycles. The number of halogens is 1. The summed E-state index contributed by atoms with van der Waals surface area (Å²) in [7, 11) is 2.09. The van der Waals surface area contributed by atoms with E-state index in [-0.39, 0.29) is 5.82 Å². The fraction of sp³-hybridized carbons (Fsp3) is 0.500. The highest BCUT2D eigenvalue weighted by molar-refractivity contribution is 5.37. The predicted octanol–water partition coefficient (Wildman–Crippen LogP) is 2.37. The second-order valence-corrected chi connectivity index (χ2v) is 5.35. The van der Waals surface area contributed by atoms with Crippen molar-refractivity contribution in [2.45, 2.75) is 25.8 Å². The quantitative estimate of drug-likeness (QED) is 0.842. The van der Waals surface area contributed by atoms with Crippen LogP contribution in [0.4, 0.5) is 4.39 Å². The molecule has 0 radical (unpaired) electrons. The Hall–Kier alpha value is -1.37. The molecular weight excluding hydrogens is 239 g/mol. The molecule has 0 aliphatic heterocycles. The van der Waals surface area contributed by atoms with Crippen LogP contribution >= 0.6 is 0 Å². The van der Waals surface area contributed by atoms with Crippen LogP contribution in [0.25, 0.3) is 0 Å². The highest BCUT2D eigenvalue weighted by atomic mass is 19.1. The lowest BCUT2D eigenvalue weighted by molar-refractivity contribution is 0.200. The Kier molecular flexibility index (Phi) is 4.95. The van der Waals surface area contributed by atoms with E-state index >= 15 is 0 Å². The standard InChI is InChI=1S/C16H21FN2/c1-19(11-13-4-2-5-13)12-15-8-14(6-3-7-18)9-16(17)10-15/h8-10,13H,2,4-5,7,11-12,18H2,1H3. The molecule has 1 saturated carbocycles. The van der Waals surface area contributed by atoms with Crippen molar-refractivity contribution in [2.75, 3.05) is 20.1 Å². The minimum atomic E-state index is -0.226. The SMILES string of the molecule is CN(Cc1cc(F)cc(C#CCN)c1)CC1CCC1. The molecule has 3 heteroatoms. The summed E-state index contributed by atoms with van der Waals surface area (Å²) in [6.07, 6.45) is 4.03. The van der Waals surface area contributed by atoms with Crippen LogP contribution in [-0.2, 0) is 6.54 Å². The van der Waals surface area contributed by atoms with E-state index in [4.69, 9.17) is 5.73 Å². The van der Waals surface area contributed by atoms with Crippen LogP contribution in [-0.4, -0.2) is 25.0 Å². The van der Waals surface area contributed by atoms with E-state index in [9.17, 15) is 4.39 Å². The molecule has 0 atom stereocenters. The first-order valence-electron chi connectivity index (χ1n) is 6.84. The van der Waals surface area contributed by atoms with Crippen molar-refractivity contribution in [3.8, 4) is 11.8 Å². The zero-order valence-corrected chi connectivity index (χ0v) is 11.5. The zero-order chi connectivity index (χ0) is 13.7. The Morgan fingerprint density at radius 1 is 1.37 bits per heavy atom. The topological polar surface area (TPSA) is 29.3 Å². The van der Waals surface area contributed by atoms with E-state index in [0.717, 1.165) is 24.6 Å². The van der Waals surface area contributed by atoms with Gasteiger partial charge in [0.15, 0.2) is 0 Å². The minimum absolute atomic E-state index is 0.226. The monoisotopic (exact) mass is 260 g/mol. The van der Waals surface area contributed by atoms with Gasteiger partial charge in [-0.2, -0.15) is 0 Å². The highest BCUT2D eigenvalue weighted by Crippen LogP contribution is 2.27. The van der Waals surface area contributed by atoms with Gasteiger partial charge in [0, 0.05) is 18.7 Å². The molecule has 0 amide bonds. The Labute approximate surface area is 114 Å². The van der Waals surface area contributed by atoms with Crippen molar-refractivity contribution in [3.05, 3.63) is 35.1 Å². The van der Waals surface area contributed by atoms with Crippen LogP contribution in [0.3, 0.4) is 0 Å². The molecule has 2 N–H and O–H groups in total.